The Kier molecular flexibility index (Phi) is 9.45. The fourth-order valence-electron chi connectivity index (χ4n) is 4.36. The minimum absolute atomic E-state index is 0.0578. The lowest BCUT2D eigenvalue weighted by Gasteiger charge is -2.18. The first-order valence-electron chi connectivity index (χ1n) is 12.4. The van der Waals surface area contributed by atoms with Gasteiger partial charge in [0.25, 0.3) is 5.91 Å². The van der Waals surface area contributed by atoms with Crippen molar-refractivity contribution in [2.45, 2.75) is 39.7 Å². The summed E-state index contributed by atoms with van der Waals surface area (Å²) in [4.78, 5) is 44.1. The van der Waals surface area contributed by atoms with Crippen molar-refractivity contribution in [2.24, 2.45) is 10.9 Å². The molecule has 0 saturated heterocycles. The molecule has 1 unspecified atom stereocenters. The second kappa shape index (κ2) is 12.8. The average molecular weight is 574 g/mol. The van der Waals surface area contributed by atoms with Crippen molar-refractivity contribution in [1.82, 2.24) is 4.57 Å². The van der Waals surface area contributed by atoms with Gasteiger partial charge in [0, 0.05) is 11.4 Å². The maximum Gasteiger partial charge on any atom is 0.341 e. The molecular formula is C27H31N3O5S3. The summed E-state index contributed by atoms with van der Waals surface area (Å²) in [5.41, 5.74) is 2.42. The molecule has 0 saturated carbocycles. The molecule has 1 N–H and O–H groups in total. The van der Waals surface area contributed by atoms with E-state index in [1.807, 2.05) is 22.8 Å². The van der Waals surface area contributed by atoms with Gasteiger partial charge in [-0.25, -0.2) is 4.79 Å². The van der Waals surface area contributed by atoms with Gasteiger partial charge in [0.2, 0.25) is 5.91 Å². The van der Waals surface area contributed by atoms with Crippen LogP contribution in [0.2, 0.25) is 0 Å². The maximum atomic E-state index is 12.7. The van der Waals surface area contributed by atoms with Gasteiger partial charge in [-0.15, -0.1) is 29.7 Å². The number of carbonyl (C=O) groups is 3. The summed E-state index contributed by atoms with van der Waals surface area (Å²) in [6.45, 7) is 8.56. The molecule has 4 rings (SSSR count). The molecule has 8 nitrogen and oxygen atoms in total. The van der Waals surface area contributed by atoms with Crippen molar-refractivity contribution >= 4 is 67.4 Å². The number of hydrogen-bond acceptors (Lipinski definition) is 8. The molecule has 2 heterocycles. The number of nitrogens with one attached hydrogen (secondary N) is 1. The van der Waals surface area contributed by atoms with Crippen molar-refractivity contribution in [2.75, 3.05) is 30.5 Å². The molecule has 202 valence electrons. The van der Waals surface area contributed by atoms with Gasteiger partial charge in [0.1, 0.15) is 10.8 Å². The lowest BCUT2D eigenvalue weighted by atomic mass is 9.88. The Balaban J connectivity index is 1.42. The van der Waals surface area contributed by atoms with E-state index in [1.165, 1.54) is 34.4 Å². The number of fused-ring (bicyclic) bond motifs is 2. The number of thiophene rings is 1. The van der Waals surface area contributed by atoms with Crippen molar-refractivity contribution in [1.29, 1.82) is 0 Å². The van der Waals surface area contributed by atoms with E-state index in [0.717, 1.165) is 45.7 Å². The van der Waals surface area contributed by atoms with Crippen LogP contribution < -0.4 is 14.9 Å². The summed E-state index contributed by atoms with van der Waals surface area (Å²) in [6.07, 6.45) is 4.46. The van der Waals surface area contributed by atoms with Crippen LogP contribution in [-0.2, 0) is 33.7 Å². The van der Waals surface area contributed by atoms with Crippen LogP contribution in [0.3, 0.4) is 0 Å². The van der Waals surface area contributed by atoms with Crippen LogP contribution in [0.5, 0.6) is 5.75 Å². The first-order valence-corrected chi connectivity index (χ1v) is 15.2. The molecule has 0 aliphatic heterocycles. The number of allylic oxidation sites excluding steroid dienone is 1. The zero-order valence-electron chi connectivity index (χ0n) is 21.7. The van der Waals surface area contributed by atoms with E-state index < -0.39 is 5.97 Å². The highest BCUT2D eigenvalue weighted by atomic mass is 32.2. The zero-order chi connectivity index (χ0) is 27.2. The summed E-state index contributed by atoms with van der Waals surface area (Å²) >= 11 is 4.04. The molecule has 3 aromatic rings. The summed E-state index contributed by atoms with van der Waals surface area (Å²) in [5, 5.41) is 3.43. The van der Waals surface area contributed by atoms with Crippen molar-refractivity contribution in [3.8, 4) is 5.75 Å². The van der Waals surface area contributed by atoms with Gasteiger partial charge in [0.05, 0.1) is 41.0 Å². The van der Waals surface area contributed by atoms with E-state index in [4.69, 9.17) is 9.47 Å². The minimum Gasteiger partial charge on any atom is -0.497 e. The molecule has 1 aliphatic carbocycles. The number of anilines is 1. The summed E-state index contributed by atoms with van der Waals surface area (Å²) in [5.74, 6) is 0.406. The van der Waals surface area contributed by atoms with Gasteiger partial charge in [-0.3, -0.25) is 9.59 Å². The second-order valence-corrected chi connectivity index (χ2v) is 12.0. The summed E-state index contributed by atoms with van der Waals surface area (Å²) in [6, 6.07) is 5.72. The molecule has 0 spiro atoms. The number of methoxy groups -OCH3 is 1. The predicted octanol–water partition coefficient (Wildman–Crippen LogP) is 5.06. The Labute approximate surface area is 233 Å². The van der Waals surface area contributed by atoms with Crippen LogP contribution in [0.15, 0.2) is 35.8 Å². The van der Waals surface area contributed by atoms with E-state index in [2.05, 4.69) is 23.8 Å². The van der Waals surface area contributed by atoms with E-state index in [0.29, 0.717) is 27.8 Å². The number of ether oxygens (including phenoxy) is 2. The number of amides is 2. The molecule has 0 fully saturated rings. The third kappa shape index (κ3) is 6.39. The van der Waals surface area contributed by atoms with Crippen molar-refractivity contribution in [3.05, 3.63) is 51.7 Å². The first kappa shape index (κ1) is 28.1. The lowest BCUT2D eigenvalue weighted by Crippen LogP contribution is -2.19. The number of esters is 1. The Morgan fingerprint density at radius 2 is 2.11 bits per heavy atom. The third-order valence-corrected chi connectivity index (χ3v) is 9.25. The van der Waals surface area contributed by atoms with E-state index >= 15 is 0 Å². The van der Waals surface area contributed by atoms with Crippen LogP contribution in [0.1, 0.15) is 41.1 Å². The number of rotatable bonds is 10. The van der Waals surface area contributed by atoms with E-state index in [1.54, 1.807) is 20.1 Å². The highest BCUT2D eigenvalue weighted by Gasteiger charge is 2.29. The lowest BCUT2D eigenvalue weighted by molar-refractivity contribution is -0.115. The largest absolute Gasteiger partial charge is 0.497 e. The monoisotopic (exact) mass is 573 g/mol. The molecule has 38 heavy (non-hydrogen) atoms. The van der Waals surface area contributed by atoms with Gasteiger partial charge in [-0.05, 0) is 55.9 Å². The number of carbonyl (C=O) groups excluding carboxylic acids is 3. The number of thioether (sulfide) groups is 1. The molecule has 0 radical (unpaired) electrons. The standard InChI is InChI=1S/C27H31N3O5S3/c1-5-11-30-19-10-8-17(34-4)13-21(19)38-27(30)29-23(32)15-36-14-22(31)28-25-24(26(33)35-6-2)18-9-7-16(3)12-20(18)37-25/h5,8,10,13,16H,1,6-7,9,11-12,14-15H2,2-4H3,(H,28,31). The molecule has 1 aliphatic rings. The van der Waals surface area contributed by atoms with Crippen molar-refractivity contribution in [3.63, 3.8) is 0 Å². The Bertz CT molecular complexity index is 1440. The van der Waals surface area contributed by atoms with E-state index in [-0.39, 0.29) is 29.9 Å². The van der Waals surface area contributed by atoms with Crippen LogP contribution in [0, 0.1) is 5.92 Å². The van der Waals surface area contributed by atoms with Gasteiger partial charge in [0.15, 0.2) is 4.80 Å². The second-order valence-electron chi connectivity index (χ2n) is 8.94. The number of benzene rings is 1. The van der Waals surface area contributed by atoms with Crippen LogP contribution in [0.4, 0.5) is 5.00 Å². The molecule has 11 heteroatoms. The van der Waals surface area contributed by atoms with Gasteiger partial charge in [-0.1, -0.05) is 24.3 Å². The summed E-state index contributed by atoms with van der Waals surface area (Å²) in [7, 11) is 1.61. The van der Waals surface area contributed by atoms with Gasteiger partial charge >= 0.3 is 5.97 Å². The molecular weight excluding hydrogens is 543 g/mol. The first-order chi connectivity index (χ1) is 18.3. The normalized spacial score (nSPS) is 15.2. The quantitative estimate of drug-likeness (QED) is 0.269. The topological polar surface area (TPSA) is 99.0 Å². The third-order valence-electron chi connectivity index (χ3n) is 6.12. The number of thiazole rings is 1. The molecule has 1 atom stereocenters. The van der Waals surface area contributed by atoms with Crippen LogP contribution in [-0.4, -0.2) is 47.6 Å². The number of hydrogen-bond donors (Lipinski definition) is 1. The fraction of sp³-hybridized carbons (Fsp3) is 0.407. The number of nitrogens with zero attached hydrogens (tertiary/aromatic N) is 2. The van der Waals surface area contributed by atoms with Gasteiger partial charge < -0.3 is 19.4 Å². The molecule has 1 aromatic carbocycles. The molecule has 2 amide bonds. The Hall–Kier alpha value is -2.89. The highest BCUT2D eigenvalue weighted by Crippen LogP contribution is 2.40. The van der Waals surface area contributed by atoms with Crippen molar-refractivity contribution < 1.29 is 23.9 Å². The maximum absolute atomic E-state index is 12.7. The van der Waals surface area contributed by atoms with Crippen LogP contribution >= 0.6 is 34.4 Å². The van der Waals surface area contributed by atoms with E-state index in [9.17, 15) is 14.4 Å². The van der Waals surface area contributed by atoms with Gasteiger partial charge in [-0.2, -0.15) is 4.99 Å². The number of aromatic nitrogens is 1. The SMILES string of the molecule is C=CCn1c(=NC(=O)CSCC(=O)Nc2sc3c(c2C(=O)OCC)CCC(C)C3)sc2cc(OC)ccc21. The molecule has 0 bridgehead atoms. The average Bonchev–Trinajstić information content (AvgIpc) is 3.40. The Morgan fingerprint density at radius 1 is 1.29 bits per heavy atom. The Morgan fingerprint density at radius 3 is 2.84 bits per heavy atom. The van der Waals surface area contributed by atoms with Crippen LogP contribution in [0.25, 0.3) is 10.2 Å². The smallest absolute Gasteiger partial charge is 0.341 e. The zero-order valence-corrected chi connectivity index (χ0v) is 24.2. The summed E-state index contributed by atoms with van der Waals surface area (Å²) < 4.78 is 13.5. The molecule has 2 aromatic heterocycles. The predicted molar refractivity (Wildman–Crippen MR) is 155 cm³/mol. The highest BCUT2D eigenvalue weighted by molar-refractivity contribution is 8.00. The minimum atomic E-state index is -0.398. The fourth-order valence-corrected chi connectivity index (χ4v) is 7.46.